The Bertz CT molecular complexity index is 1300. The summed E-state index contributed by atoms with van der Waals surface area (Å²) in [6.07, 6.45) is 1.26. The zero-order valence-corrected chi connectivity index (χ0v) is 17.1. The number of benzene rings is 2. The molecule has 1 fully saturated rings. The summed E-state index contributed by atoms with van der Waals surface area (Å²) in [5, 5.41) is 13.1. The summed E-state index contributed by atoms with van der Waals surface area (Å²) in [6, 6.07) is 13.5. The molecule has 0 saturated carbocycles. The second-order valence-electron chi connectivity index (χ2n) is 7.25. The molecule has 32 heavy (non-hydrogen) atoms. The van der Waals surface area contributed by atoms with Gasteiger partial charge >= 0.3 is 6.03 Å². The van der Waals surface area contributed by atoms with Crippen molar-refractivity contribution in [2.24, 2.45) is 0 Å². The number of hydrogen-bond acceptors (Lipinski definition) is 6. The van der Waals surface area contributed by atoms with Crippen LogP contribution in [0.15, 0.2) is 64.6 Å². The number of amides is 4. The van der Waals surface area contributed by atoms with E-state index in [1.165, 1.54) is 18.2 Å². The third kappa shape index (κ3) is 3.79. The fraction of sp³-hybridized carbons (Fsp3) is 0.0870. The maximum Gasteiger partial charge on any atom is 0.335 e. The van der Waals surface area contributed by atoms with Crippen molar-refractivity contribution in [3.8, 4) is 11.3 Å². The summed E-state index contributed by atoms with van der Waals surface area (Å²) in [5.74, 6) is -0.964. The molecule has 1 aliphatic heterocycles. The Morgan fingerprint density at radius 2 is 1.72 bits per heavy atom. The number of nitro groups is 1. The van der Waals surface area contributed by atoms with Gasteiger partial charge in [-0.3, -0.25) is 25.0 Å². The van der Waals surface area contributed by atoms with Gasteiger partial charge in [0.1, 0.15) is 17.1 Å². The monoisotopic (exact) mass is 431 g/mol. The summed E-state index contributed by atoms with van der Waals surface area (Å²) >= 11 is 0. The fourth-order valence-corrected chi connectivity index (χ4v) is 3.34. The topological polar surface area (TPSA) is 123 Å². The van der Waals surface area contributed by atoms with Crippen LogP contribution in [0.2, 0.25) is 0 Å². The third-order valence-corrected chi connectivity index (χ3v) is 4.99. The normalized spacial score (nSPS) is 15.2. The Morgan fingerprint density at radius 1 is 1.00 bits per heavy atom. The average molecular weight is 431 g/mol. The van der Waals surface area contributed by atoms with Gasteiger partial charge in [0, 0.05) is 17.7 Å². The van der Waals surface area contributed by atoms with Gasteiger partial charge in [-0.05, 0) is 55.8 Å². The van der Waals surface area contributed by atoms with Gasteiger partial charge in [-0.1, -0.05) is 17.7 Å². The summed E-state index contributed by atoms with van der Waals surface area (Å²) in [5.41, 5.74) is 2.26. The number of imide groups is 2. The van der Waals surface area contributed by atoms with Crippen molar-refractivity contribution < 1.29 is 23.7 Å². The summed E-state index contributed by atoms with van der Waals surface area (Å²) in [7, 11) is 0. The molecule has 4 rings (SSSR count). The highest BCUT2D eigenvalue weighted by Crippen LogP contribution is 2.30. The zero-order chi connectivity index (χ0) is 23.0. The molecule has 1 N–H and O–H groups in total. The maximum atomic E-state index is 12.9. The molecule has 0 unspecified atom stereocenters. The van der Waals surface area contributed by atoms with E-state index in [1.807, 2.05) is 6.92 Å². The lowest BCUT2D eigenvalue weighted by Gasteiger charge is -2.26. The predicted octanol–water partition coefficient (Wildman–Crippen LogP) is 4.14. The van der Waals surface area contributed by atoms with Crippen LogP contribution in [0.1, 0.15) is 16.9 Å². The van der Waals surface area contributed by atoms with E-state index in [0.29, 0.717) is 22.6 Å². The molecule has 2 heterocycles. The lowest BCUT2D eigenvalue weighted by molar-refractivity contribution is -0.384. The van der Waals surface area contributed by atoms with E-state index >= 15 is 0 Å². The molecule has 9 nitrogen and oxygen atoms in total. The van der Waals surface area contributed by atoms with Gasteiger partial charge in [0.25, 0.3) is 17.5 Å². The number of nitrogens with one attached hydrogen (secondary N) is 1. The molecule has 3 aromatic rings. The van der Waals surface area contributed by atoms with E-state index in [0.717, 1.165) is 10.5 Å². The van der Waals surface area contributed by atoms with Gasteiger partial charge in [0.05, 0.1) is 10.6 Å². The van der Waals surface area contributed by atoms with Crippen molar-refractivity contribution in [1.29, 1.82) is 0 Å². The number of carbonyl (C=O) groups excluding carboxylic acids is 3. The molecule has 4 amide bonds. The van der Waals surface area contributed by atoms with E-state index in [-0.39, 0.29) is 17.0 Å². The summed E-state index contributed by atoms with van der Waals surface area (Å²) in [4.78, 5) is 48.9. The van der Waals surface area contributed by atoms with Crippen molar-refractivity contribution in [3.63, 3.8) is 0 Å². The van der Waals surface area contributed by atoms with Gasteiger partial charge < -0.3 is 4.42 Å². The Kier molecular flexibility index (Phi) is 5.15. The van der Waals surface area contributed by atoms with Gasteiger partial charge in [-0.15, -0.1) is 0 Å². The second kappa shape index (κ2) is 7.95. The Balaban J connectivity index is 1.66. The number of aryl methyl sites for hydroxylation is 2. The summed E-state index contributed by atoms with van der Waals surface area (Å²) < 4.78 is 5.75. The highest BCUT2D eigenvalue weighted by molar-refractivity contribution is 6.39. The van der Waals surface area contributed by atoms with Crippen molar-refractivity contribution in [1.82, 2.24) is 5.32 Å². The molecule has 0 atom stereocenters. The number of carbonyl (C=O) groups is 3. The van der Waals surface area contributed by atoms with Crippen LogP contribution in [0.25, 0.3) is 17.4 Å². The Morgan fingerprint density at radius 3 is 2.38 bits per heavy atom. The molecule has 1 aromatic heterocycles. The number of nitro benzene ring substituents is 1. The number of non-ortho nitro benzene ring substituents is 1. The first-order chi connectivity index (χ1) is 15.2. The van der Waals surface area contributed by atoms with E-state index < -0.39 is 22.8 Å². The summed E-state index contributed by atoms with van der Waals surface area (Å²) in [6.45, 7) is 3.59. The third-order valence-electron chi connectivity index (χ3n) is 4.99. The molecule has 2 aromatic carbocycles. The van der Waals surface area contributed by atoms with Crippen LogP contribution in [-0.2, 0) is 9.59 Å². The zero-order valence-electron chi connectivity index (χ0n) is 17.1. The molecule has 0 radical (unpaired) electrons. The predicted molar refractivity (Wildman–Crippen MR) is 116 cm³/mol. The van der Waals surface area contributed by atoms with Crippen molar-refractivity contribution >= 4 is 35.3 Å². The molecule has 0 bridgehead atoms. The molecular formula is C23H17N3O6. The molecule has 0 aliphatic carbocycles. The molecule has 1 saturated heterocycles. The molecule has 1 aliphatic rings. The number of nitrogens with zero attached hydrogens (tertiary/aromatic N) is 2. The SMILES string of the molecule is Cc1ccc(N2C(=O)NC(=O)/C(=C/c3ccc(-c4ccc([N+](=O)[O-])cc4C)o3)C2=O)cc1. The van der Waals surface area contributed by atoms with E-state index in [2.05, 4.69) is 5.32 Å². The lowest BCUT2D eigenvalue weighted by Crippen LogP contribution is -2.54. The minimum Gasteiger partial charge on any atom is -0.457 e. The van der Waals surface area contributed by atoms with Gasteiger partial charge in [0.2, 0.25) is 0 Å². The van der Waals surface area contributed by atoms with Crippen LogP contribution in [0.5, 0.6) is 0 Å². The van der Waals surface area contributed by atoms with Crippen LogP contribution in [0.3, 0.4) is 0 Å². The first-order valence-corrected chi connectivity index (χ1v) is 9.58. The quantitative estimate of drug-likeness (QED) is 0.287. The Hall–Kier alpha value is -4.53. The molecule has 160 valence electrons. The lowest BCUT2D eigenvalue weighted by atomic mass is 10.1. The number of anilines is 1. The standard InChI is InChI=1S/C23H17N3O6/c1-13-3-5-15(6-4-13)25-22(28)19(21(27)24-23(25)29)12-17-8-10-20(32-17)18-9-7-16(26(30)31)11-14(18)2/h3-12H,1-2H3,(H,24,27,29)/b19-12-. The minimum absolute atomic E-state index is 0.0366. The highest BCUT2D eigenvalue weighted by Gasteiger charge is 2.37. The second-order valence-corrected chi connectivity index (χ2v) is 7.25. The number of rotatable bonds is 4. The smallest absolute Gasteiger partial charge is 0.335 e. The molecule has 9 heteroatoms. The van der Waals surface area contributed by atoms with Crippen molar-refractivity contribution in [2.45, 2.75) is 13.8 Å². The van der Waals surface area contributed by atoms with Gasteiger partial charge in [-0.2, -0.15) is 0 Å². The van der Waals surface area contributed by atoms with Crippen LogP contribution < -0.4 is 10.2 Å². The Labute approximate surface area is 182 Å². The first kappa shape index (κ1) is 20.7. The number of urea groups is 1. The van der Waals surface area contributed by atoms with Crippen molar-refractivity contribution in [2.75, 3.05) is 4.90 Å². The van der Waals surface area contributed by atoms with E-state index in [9.17, 15) is 24.5 Å². The molecule has 0 spiro atoms. The molecular weight excluding hydrogens is 414 g/mol. The number of barbiturate groups is 1. The number of hydrogen-bond donors (Lipinski definition) is 1. The van der Waals surface area contributed by atoms with Crippen LogP contribution in [-0.4, -0.2) is 22.8 Å². The fourth-order valence-electron chi connectivity index (χ4n) is 3.34. The van der Waals surface area contributed by atoms with Gasteiger partial charge in [-0.25, -0.2) is 9.69 Å². The number of furan rings is 1. The van der Waals surface area contributed by atoms with E-state index in [1.54, 1.807) is 49.4 Å². The van der Waals surface area contributed by atoms with Crippen molar-refractivity contribution in [3.05, 3.63) is 87.2 Å². The van der Waals surface area contributed by atoms with Crippen LogP contribution >= 0.6 is 0 Å². The van der Waals surface area contributed by atoms with Gasteiger partial charge in [0.15, 0.2) is 0 Å². The minimum atomic E-state index is -0.831. The average Bonchev–Trinajstić information content (AvgIpc) is 3.20. The largest absolute Gasteiger partial charge is 0.457 e. The van der Waals surface area contributed by atoms with Crippen LogP contribution in [0, 0.1) is 24.0 Å². The van der Waals surface area contributed by atoms with Crippen LogP contribution in [0.4, 0.5) is 16.2 Å². The highest BCUT2D eigenvalue weighted by atomic mass is 16.6. The first-order valence-electron chi connectivity index (χ1n) is 9.58. The van der Waals surface area contributed by atoms with E-state index in [4.69, 9.17) is 4.42 Å². The maximum absolute atomic E-state index is 12.9.